The minimum Gasteiger partial charge on any atom is -0.465 e. The summed E-state index contributed by atoms with van der Waals surface area (Å²) in [5.41, 5.74) is 1.28. The van der Waals surface area contributed by atoms with E-state index in [-0.39, 0.29) is 23.9 Å². The van der Waals surface area contributed by atoms with E-state index in [1.165, 1.54) is 21.6 Å². The van der Waals surface area contributed by atoms with Gasteiger partial charge in [-0.1, -0.05) is 24.8 Å². The van der Waals surface area contributed by atoms with E-state index in [9.17, 15) is 14.0 Å². The summed E-state index contributed by atoms with van der Waals surface area (Å²) in [7, 11) is 0. The molecule has 0 radical (unpaired) electrons. The molecule has 2 heterocycles. The number of carbonyl (C=O) groups excluding carboxylic acids is 1. The van der Waals surface area contributed by atoms with Crippen LogP contribution >= 0.6 is 23.1 Å². The van der Waals surface area contributed by atoms with Gasteiger partial charge in [-0.05, 0) is 55.9 Å². The predicted octanol–water partition coefficient (Wildman–Crippen LogP) is 4.68. The molecule has 4 rings (SSSR count). The van der Waals surface area contributed by atoms with Gasteiger partial charge in [0, 0.05) is 4.88 Å². The first-order chi connectivity index (χ1) is 14.0. The Morgan fingerprint density at radius 3 is 3.03 bits per heavy atom. The standard InChI is InChI=1S/C21H21FN2O3S2/c1-3-27-16(25)11-28-21-23-19-18(17-12(2)6-4-9-15(17)29-19)20(26)24(21)14-8-5-7-13(22)10-14/h5,7-8,10,12H,3-4,6,9,11H2,1-2H3. The Kier molecular flexibility index (Phi) is 5.74. The fraction of sp³-hybridized carbons (Fsp3) is 0.381. The van der Waals surface area contributed by atoms with Gasteiger partial charge in [0.05, 0.1) is 23.4 Å². The van der Waals surface area contributed by atoms with Gasteiger partial charge in [0.1, 0.15) is 10.6 Å². The van der Waals surface area contributed by atoms with Crippen LogP contribution in [0, 0.1) is 5.82 Å². The lowest BCUT2D eigenvalue weighted by molar-refractivity contribution is -0.139. The molecule has 0 saturated carbocycles. The second-order valence-electron chi connectivity index (χ2n) is 7.02. The Morgan fingerprint density at radius 1 is 1.45 bits per heavy atom. The summed E-state index contributed by atoms with van der Waals surface area (Å²) in [5, 5.41) is 0.995. The topological polar surface area (TPSA) is 61.2 Å². The summed E-state index contributed by atoms with van der Waals surface area (Å²) >= 11 is 2.69. The number of benzene rings is 1. The Morgan fingerprint density at radius 2 is 2.28 bits per heavy atom. The van der Waals surface area contributed by atoms with Crippen LogP contribution in [0.15, 0.2) is 34.2 Å². The maximum absolute atomic E-state index is 13.9. The number of hydrogen-bond donors (Lipinski definition) is 0. The van der Waals surface area contributed by atoms with Gasteiger partial charge in [0.25, 0.3) is 5.56 Å². The summed E-state index contributed by atoms with van der Waals surface area (Å²) in [6.07, 6.45) is 3.09. The van der Waals surface area contributed by atoms with Crippen molar-refractivity contribution in [3.05, 3.63) is 50.9 Å². The number of carbonyl (C=O) groups is 1. The number of thiophene rings is 1. The summed E-state index contributed by atoms with van der Waals surface area (Å²) in [4.78, 5) is 32.1. The van der Waals surface area contributed by atoms with Crippen LogP contribution in [-0.2, 0) is 16.0 Å². The molecular weight excluding hydrogens is 411 g/mol. The minimum absolute atomic E-state index is 0.0304. The lowest BCUT2D eigenvalue weighted by Gasteiger charge is -2.19. The molecule has 1 aliphatic rings. The summed E-state index contributed by atoms with van der Waals surface area (Å²) in [5.74, 6) is -0.489. The molecule has 0 bridgehead atoms. The van der Waals surface area contributed by atoms with E-state index in [1.54, 1.807) is 30.4 Å². The molecule has 2 aromatic heterocycles. The van der Waals surface area contributed by atoms with Gasteiger partial charge in [-0.3, -0.25) is 14.2 Å². The second kappa shape index (κ2) is 8.28. The third-order valence-electron chi connectivity index (χ3n) is 5.03. The highest BCUT2D eigenvalue weighted by atomic mass is 32.2. The van der Waals surface area contributed by atoms with Gasteiger partial charge in [-0.15, -0.1) is 11.3 Å². The van der Waals surface area contributed by atoms with Crippen molar-refractivity contribution in [3.63, 3.8) is 0 Å². The Bertz CT molecular complexity index is 1140. The molecule has 0 spiro atoms. The number of hydrogen-bond acceptors (Lipinski definition) is 6. The number of aromatic nitrogens is 2. The van der Waals surface area contributed by atoms with Crippen LogP contribution in [-0.4, -0.2) is 27.9 Å². The van der Waals surface area contributed by atoms with Crippen LogP contribution in [0.4, 0.5) is 4.39 Å². The maximum atomic E-state index is 13.9. The molecule has 0 aliphatic heterocycles. The van der Waals surface area contributed by atoms with Crippen LogP contribution < -0.4 is 5.56 Å². The van der Waals surface area contributed by atoms with E-state index in [0.717, 1.165) is 36.6 Å². The molecule has 1 unspecified atom stereocenters. The van der Waals surface area contributed by atoms with E-state index in [1.807, 2.05) is 0 Å². The van der Waals surface area contributed by atoms with E-state index < -0.39 is 5.82 Å². The first kappa shape index (κ1) is 20.1. The molecule has 29 heavy (non-hydrogen) atoms. The van der Waals surface area contributed by atoms with Crippen molar-refractivity contribution in [2.75, 3.05) is 12.4 Å². The number of ether oxygens (including phenoxy) is 1. The maximum Gasteiger partial charge on any atom is 0.316 e. The lowest BCUT2D eigenvalue weighted by atomic mass is 9.88. The zero-order valence-corrected chi connectivity index (χ0v) is 17.9. The third kappa shape index (κ3) is 3.83. The van der Waals surface area contributed by atoms with Crippen LogP contribution in [0.3, 0.4) is 0 Å². The van der Waals surface area contributed by atoms with Gasteiger partial charge in [0.2, 0.25) is 0 Å². The molecule has 3 aromatic rings. The minimum atomic E-state index is -0.434. The first-order valence-corrected chi connectivity index (χ1v) is 11.4. The molecule has 1 aromatic carbocycles. The molecule has 0 N–H and O–H groups in total. The first-order valence-electron chi connectivity index (χ1n) is 9.62. The van der Waals surface area contributed by atoms with Crippen molar-refractivity contribution in [1.82, 2.24) is 9.55 Å². The monoisotopic (exact) mass is 432 g/mol. The van der Waals surface area contributed by atoms with Gasteiger partial charge in [-0.25, -0.2) is 9.37 Å². The van der Waals surface area contributed by atoms with Crippen molar-refractivity contribution >= 4 is 39.3 Å². The summed E-state index contributed by atoms with van der Waals surface area (Å²) in [6.45, 7) is 4.17. The highest BCUT2D eigenvalue weighted by Crippen LogP contribution is 2.40. The fourth-order valence-corrected chi connectivity index (χ4v) is 5.97. The Hall–Kier alpha value is -2.19. The number of nitrogens with zero attached hydrogens (tertiary/aromatic N) is 2. The number of aryl methyl sites for hydroxylation is 1. The van der Waals surface area contributed by atoms with Gasteiger partial charge < -0.3 is 4.74 Å². The summed E-state index contributed by atoms with van der Waals surface area (Å²) < 4.78 is 20.3. The van der Waals surface area contributed by atoms with Gasteiger partial charge >= 0.3 is 5.97 Å². The molecule has 1 aliphatic carbocycles. The lowest BCUT2D eigenvalue weighted by Crippen LogP contribution is -2.23. The normalized spacial score (nSPS) is 16.0. The highest BCUT2D eigenvalue weighted by Gasteiger charge is 2.27. The molecule has 152 valence electrons. The average Bonchev–Trinajstić information content (AvgIpc) is 3.06. The number of fused-ring (bicyclic) bond motifs is 3. The van der Waals surface area contributed by atoms with Crippen LogP contribution in [0.25, 0.3) is 15.9 Å². The smallest absolute Gasteiger partial charge is 0.316 e. The summed E-state index contributed by atoms with van der Waals surface area (Å²) in [6, 6.07) is 5.88. The quantitative estimate of drug-likeness (QED) is 0.333. The number of rotatable bonds is 5. The Balaban J connectivity index is 1.91. The molecule has 5 nitrogen and oxygen atoms in total. The third-order valence-corrected chi connectivity index (χ3v) is 7.10. The van der Waals surface area contributed by atoms with E-state index in [0.29, 0.717) is 27.0 Å². The molecule has 1 atom stereocenters. The number of esters is 1. The van der Waals surface area contributed by atoms with E-state index >= 15 is 0 Å². The van der Waals surface area contributed by atoms with Gasteiger partial charge in [0.15, 0.2) is 5.16 Å². The zero-order valence-electron chi connectivity index (χ0n) is 16.2. The van der Waals surface area contributed by atoms with Gasteiger partial charge in [-0.2, -0.15) is 0 Å². The highest BCUT2D eigenvalue weighted by molar-refractivity contribution is 7.99. The van der Waals surface area contributed by atoms with Crippen molar-refractivity contribution in [2.45, 2.75) is 44.2 Å². The average molecular weight is 433 g/mol. The SMILES string of the molecule is CCOC(=O)CSc1nc2sc3c(c2c(=O)n1-c1cccc(F)c1)C(C)CCC3. The van der Waals surface area contributed by atoms with E-state index in [4.69, 9.17) is 9.72 Å². The molecule has 8 heteroatoms. The van der Waals surface area contributed by atoms with Crippen molar-refractivity contribution < 1.29 is 13.9 Å². The fourth-order valence-electron chi connectivity index (χ4n) is 3.78. The molecule has 0 fully saturated rings. The van der Waals surface area contributed by atoms with Crippen molar-refractivity contribution in [3.8, 4) is 5.69 Å². The second-order valence-corrected chi connectivity index (χ2v) is 9.05. The molecule has 0 saturated heterocycles. The van der Waals surface area contributed by atoms with Crippen molar-refractivity contribution in [1.29, 1.82) is 0 Å². The Labute approximate surface area is 175 Å². The zero-order chi connectivity index (χ0) is 20.5. The molecule has 0 amide bonds. The predicted molar refractivity (Wildman–Crippen MR) is 114 cm³/mol. The van der Waals surface area contributed by atoms with Crippen molar-refractivity contribution in [2.24, 2.45) is 0 Å². The largest absolute Gasteiger partial charge is 0.465 e. The number of thioether (sulfide) groups is 1. The van der Waals surface area contributed by atoms with Crippen LogP contribution in [0.5, 0.6) is 0 Å². The van der Waals surface area contributed by atoms with Crippen LogP contribution in [0.1, 0.15) is 43.0 Å². The molecular formula is C21H21FN2O3S2. The van der Waals surface area contributed by atoms with E-state index in [2.05, 4.69) is 6.92 Å². The van der Waals surface area contributed by atoms with Crippen LogP contribution in [0.2, 0.25) is 0 Å². The number of halogens is 1.